The molecule has 4 atom stereocenters. The van der Waals surface area contributed by atoms with Crippen molar-refractivity contribution in [2.45, 2.75) is 43.2 Å². The van der Waals surface area contributed by atoms with Crippen molar-refractivity contribution in [3.8, 4) is 0 Å². The van der Waals surface area contributed by atoms with E-state index in [4.69, 9.17) is 9.47 Å². The van der Waals surface area contributed by atoms with Gasteiger partial charge in [-0.05, 0) is 43.3 Å². The number of hydrogen-bond donors (Lipinski definition) is 3. The predicted molar refractivity (Wildman–Crippen MR) is 110 cm³/mol. The lowest BCUT2D eigenvalue weighted by molar-refractivity contribution is -0.214. The van der Waals surface area contributed by atoms with Gasteiger partial charge in [-0.3, -0.25) is 0 Å². The number of carboxylic acid groups (broad SMARTS) is 1. The number of aliphatic hydroxyl groups is 1. The van der Waals surface area contributed by atoms with E-state index in [1.54, 1.807) is 24.3 Å². The Morgan fingerprint density at radius 3 is 2.50 bits per heavy atom. The van der Waals surface area contributed by atoms with Crippen LogP contribution < -0.4 is 5.32 Å². The van der Waals surface area contributed by atoms with Gasteiger partial charge in [-0.2, -0.15) is 0 Å². The number of carboxylic acids is 1. The summed E-state index contributed by atoms with van der Waals surface area (Å²) in [4.78, 5) is 15.1. The summed E-state index contributed by atoms with van der Waals surface area (Å²) in [6, 6.07) is 8.86. The second-order valence-electron chi connectivity index (χ2n) is 9.39. The summed E-state index contributed by atoms with van der Waals surface area (Å²) in [6.45, 7) is 4.89. The SMILES string of the molecule is O=C(O)C(O)(c1ccccc1)C(C1COC2(CCNCC2)O1)C1CN2CCC1CC2. The van der Waals surface area contributed by atoms with Crippen LogP contribution in [0.25, 0.3) is 0 Å². The molecule has 5 saturated heterocycles. The zero-order chi connectivity index (χ0) is 20.8. The molecule has 164 valence electrons. The van der Waals surface area contributed by atoms with Crippen LogP contribution in [0.5, 0.6) is 0 Å². The molecule has 0 radical (unpaired) electrons. The quantitative estimate of drug-likeness (QED) is 0.669. The number of hydrogen-bond acceptors (Lipinski definition) is 6. The normalized spacial score (nSPS) is 35.8. The van der Waals surface area contributed by atoms with Crippen LogP contribution >= 0.6 is 0 Å². The van der Waals surface area contributed by atoms with E-state index in [0.29, 0.717) is 18.1 Å². The number of nitrogens with one attached hydrogen (secondary N) is 1. The first-order valence-electron chi connectivity index (χ1n) is 11.3. The minimum Gasteiger partial charge on any atom is -0.479 e. The maximum atomic E-state index is 12.7. The third-order valence-corrected chi connectivity index (χ3v) is 7.83. The van der Waals surface area contributed by atoms with Crippen LogP contribution in [0, 0.1) is 17.8 Å². The van der Waals surface area contributed by atoms with Crippen molar-refractivity contribution in [1.82, 2.24) is 10.2 Å². The number of carbonyl (C=O) groups is 1. The van der Waals surface area contributed by atoms with Gasteiger partial charge in [0.15, 0.2) is 11.4 Å². The van der Waals surface area contributed by atoms with E-state index >= 15 is 0 Å². The van der Waals surface area contributed by atoms with E-state index in [1.165, 1.54) is 0 Å². The number of nitrogens with zero attached hydrogens (tertiary/aromatic N) is 1. The largest absolute Gasteiger partial charge is 0.479 e. The Morgan fingerprint density at radius 1 is 1.20 bits per heavy atom. The summed E-state index contributed by atoms with van der Waals surface area (Å²) in [7, 11) is 0. The number of ether oxygens (including phenoxy) is 2. The van der Waals surface area contributed by atoms with Gasteiger partial charge in [-0.1, -0.05) is 30.3 Å². The smallest absolute Gasteiger partial charge is 0.340 e. The van der Waals surface area contributed by atoms with Crippen LogP contribution in [0.2, 0.25) is 0 Å². The molecule has 5 fully saturated rings. The zero-order valence-electron chi connectivity index (χ0n) is 17.3. The fraction of sp³-hybridized carbons (Fsp3) is 0.696. The van der Waals surface area contributed by atoms with E-state index in [9.17, 15) is 15.0 Å². The van der Waals surface area contributed by atoms with Crippen LogP contribution in [-0.4, -0.2) is 72.3 Å². The van der Waals surface area contributed by atoms with Crippen molar-refractivity contribution < 1.29 is 24.5 Å². The molecule has 5 aliphatic heterocycles. The van der Waals surface area contributed by atoms with Crippen molar-refractivity contribution in [3.63, 3.8) is 0 Å². The molecule has 1 aromatic carbocycles. The average Bonchev–Trinajstić information content (AvgIpc) is 3.18. The number of rotatable bonds is 5. The summed E-state index contributed by atoms with van der Waals surface area (Å²) in [5.41, 5.74) is -1.59. The van der Waals surface area contributed by atoms with Crippen LogP contribution in [-0.2, 0) is 19.9 Å². The van der Waals surface area contributed by atoms with E-state index in [0.717, 1.165) is 58.4 Å². The Morgan fingerprint density at radius 2 is 1.90 bits per heavy atom. The zero-order valence-corrected chi connectivity index (χ0v) is 17.3. The molecule has 6 rings (SSSR count). The number of piperidine rings is 4. The lowest BCUT2D eigenvalue weighted by atomic mass is 9.63. The third kappa shape index (κ3) is 3.37. The summed E-state index contributed by atoms with van der Waals surface area (Å²) < 4.78 is 12.7. The van der Waals surface area contributed by atoms with Gasteiger partial charge in [-0.15, -0.1) is 0 Å². The fourth-order valence-electron chi connectivity index (χ4n) is 6.25. The Labute approximate surface area is 177 Å². The maximum absolute atomic E-state index is 12.7. The molecule has 3 N–H and O–H groups in total. The highest BCUT2D eigenvalue weighted by Gasteiger charge is 2.59. The average molecular weight is 417 g/mol. The highest BCUT2D eigenvalue weighted by Crippen LogP contribution is 2.49. The first-order valence-corrected chi connectivity index (χ1v) is 11.3. The maximum Gasteiger partial charge on any atom is 0.340 e. The Balaban J connectivity index is 1.54. The first-order chi connectivity index (χ1) is 14.5. The molecule has 2 bridgehead atoms. The van der Waals surface area contributed by atoms with Crippen LogP contribution in [0.4, 0.5) is 0 Å². The molecule has 7 heteroatoms. The molecule has 0 saturated carbocycles. The minimum atomic E-state index is -2.02. The third-order valence-electron chi connectivity index (χ3n) is 7.83. The predicted octanol–water partition coefficient (Wildman–Crippen LogP) is 1.41. The fourth-order valence-corrected chi connectivity index (χ4v) is 6.25. The molecule has 5 heterocycles. The van der Waals surface area contributed by atoms with Gasteiger partial charge in [0.1, 0.15) is 0 Å². The van der Waals surface area contributed by atoms with E-state index in [-0.39, 0.29) is 5.92 Å². The van der Waals surface area contributed by atoms with E-state index < -0.39 is 29.4 Å². The molecule has 0 aliphatic carbocycles. The lowest BCUT2D eigenvalue weighted by Crippen LogP contribution is -2.59. The van der Waals surface area contributed by atoms with Gasteiger partial charge in [-0.25, -0.2) is 4.79 Å². The van der Waals surface area contributed by atoms with E-state index in [1.807, 2.05) is 6.07 Å². The lowest BCUT2D eigenvalue weighted by Gasteiger charge is -2.51. The number of fused-ring (bicyclic) bond motifs is 3. The van der Waals surface area contributed by atoms with Gasteiger partial charge in [0.05, 0.1) is 12.7 Å². The summed E-state index contributed by atoms with van der Waals surface area (Å²) >= 11 is 0. The molecule has 7 nitrogen and oxygen atoms in total. The Bertz CT molecular complexity index is 760. The van der Waals surface area contributed by atoms with Gasteiger partial charge >= 0.3 is 5.97 Å². The Kier molecular flexibility index (Phi) is 5.35. The monoisotopic (exact) mass is 416 g/mol. The molecule has 1 spiro atoms. The highest BCUT2D eigenvalue weighted by atomic mass is 16.7. The highest BCUT2D eigenvalue weighted by molar-refractivity contribution is 5.79. The number of aliphatic carboxylic acids is 1. The van der Waals surface area contributed by atoms with Gasteiger partial charge in [0, 0.05) is 38.4 Å². The van der Waals surface area contributed by atoms with Gasteiger partial charge < -0.3 is 29.9 Å². The van der Waals surface area contributed by atoms with E-state index in [2.05, 4.69) is 10.2 Å². The van der Waals surface area contributed by atoms with Crippen molar-refractivity contribution in [1.29, 1.82) is 0 Å². The van der Waals surface area contributed by atoms with Crippen LogP contribution in [0.3, 0.4) is 0 Å². The molecule has 4 unspecified atom stereocenters. The second-order valence-corrected chi connectivity index (χ2v) is 9.39. The van der Waals surface area contributed by atoms with Crippen molar-refractivity contribution in [2.24, 2.45) is 17.8 Å². The molecular weight excluding hydrogens is 384 g/mol. The summed E-state index contributed by atoms with van der Waals surface area (Å²) in [5.74, 6) is -1.97. The molecular formula is C23H32N2O5. The number of benzene rings is 1. The second kappa shape index (κ2) is 7.88. The van der Waals surface area contributed by atoms with Gasteiger partial charge in [0.2, 0.25) is 0 Å². The topological polar surface area (TPSA) is 91.3 Å². The van der Waals surface area contributed by atoms with Crippen LogP contribution in [0.1, 0.15) is 31.2 Å². The van der Waals surface area contributed by atoms with Crippen LogP contribution in [0.15, 0.2) is 30.3 Å². The summed E-state index contributed by atoms with van der Waals surface area (Å²) in [5, 5.41) is 25.6. The van der Waals surface area contributed by atoms with Crippen molar-refractivity contribution in [3.05, 3.63) is 35.9 Å². The molecule has 0 aromatic heterocycles. The van der Waals surface area contributed by atoms with Gasteiger partial charge in [0.25, 0.3) is 0 Å². The molecule has 30 heavy (non-hydrogen) atoms. The Hall–Kier alpha value is -1.51. The molecule has 0 amide bonds. The van der Waals surface area contributed by atoms with Crippen molar-refractivity contribution >= 4 is 5.97 Å². The van der Waals surface area contributed by atoms with Crippen molar-refractivity contribution in [2.75, 3.05) is 39.3 Å². The molecule has 5 aliphatic rings. The minimum absolute atomic E-state index is 0.0549. The standard InChI is InChI=1S/C23H32N2O5/c26-21(27)23(28,17-4-2-1-3-5-17)20(18-14-25-12-6-16(18)7-13-25)19-15-29-22(30-19)8-10-24-11-9-22/h1-5,16,18-20,24,28H,6-15H2,(H,26,27). The summed E-state index contributed by atoms with van der Waals surface area (Å²) in [6.07, 6.45) is 3.14. The molecule has 1 aromatic rings. The first kappa shape index (κ1) is 20.4.